The molecule has 0 spiro atoms. The van der Waals surface area contributed by atoms with Crippen molar-refractivity contribution in [2.24, 2.45) is 0 Å². The largest absolute Gasteiger partial charge is 0.394 e. The number of hydrogen-bond donors (Lipinski definition) is 3. The van der Waals surface area contributed by atoms with Gasteiger partial charge in [0.25, 0.3) is 11.5 Å². The molecule has 0 bridgehead atoms. The number of aliphatic hydroxyl groups excluding tert-OH is 1. The summed E-state index contributed by atoms with van der Waals surface area (Å²) in [5.41, 5.74) is -0.0507. The van der Waals surface area contributed by atoms with Crippen LogP contribution in [-0.4, -0.2) is 33.6 Å². The summed E-state index contributed by atoms with van der Waals surface area (Å²) in [4.78, 5) is 30.5. The maximum absolute atomic E-state index is 12.0. The molecule has 1 aromatic heterocycles. The van der Waals surface area contributed by atoms with Crippen molar-refractivity contribution in [3.05, 3.63) is 61.7 Å². The van der Waals surface area contributed by atoms with E-state index < -0.39 is 17.5 Å². The Morgan fingerprint density at radius 1 is 1.39 bits per heavy atom. The minimum atomic E-state index is -0.595. The molecule has 2 aromatic rings. The highest BCUT2D eigenvalue weighted by molar-refractivity contribution is 6.36. The van der Waals surface area contributed by atoms with E-state index in [0.29, 0.717) is 21.4 Å². The maximum Gasteiger partial charge on any atom is 0.263 e. The number of aromatic nitrogens is 2. The van der Waals surface area contributed by atoms with Gasteiger partial charge in [0.05, 0.1) is 6.61 Å². The van der Waals surface area contributed by atoms with E-state index in [1.807, 2.05) is 0 Å². The Morgan fingerprint density at radius 3 is 2.61 bits per heavy atom. The number of H-pyrrole nitrogens is 1. The van der Waals surface area contributed by atoms with Crippen LogP contribution in [0.5, 0.6) is 0 Å². The second-order valence-corrected chi connectivity index (χ2v) is 5.82. The van der Waals surface area contributed by atoms with Crippen molar-refractivity contribution in [3.63, 3.8) is 0 Å². The van der Waals surface area contributed by atoms with E-state index in [9.17, 15) is 9.59 Å². The summed E-state index contributed by atoms with van der Waals surface area (Å²) in [5.74, 6) is -0.251. The first-order chi connectivity index (χ1) is 10.9. The molecule has 1 aromatic carbocycles. The molecule has 0 aliphatic rings. The van der Waals surface area contributed by atoms with Crippen molar-refractivity contribution in [1.29, 1.82) is 0 Å². The molecule has 23 heavy (non-hydrogen) atoms. The molecule has 3 N–H and O–H groups in total. The molecule has 0 saturated heterocycles. The van der Waals surface area contributed by atoms with Gasteiger partial charge in [-0.25, -0.2) is 4.98 Å². The van der Waals surface area contributed by atoms with Gasteiger partial charge >= 0.3 is 0 Å². The number of carbonyl (C=O) groups is 1. The second-order valence-electron chi connectivity index (χ2n) is 5.01. The molecule has 0 unspecified atom stereocenters. The number of hydrogen-bond acceptors (Lipinski definition) is 4. The molecular formula is C15H15Cl2N3O3. The highest BCUT2D eigenvalue weighted by atomic mass is 35.5. The van der Waals surface area contributed by atoms with Crippen LogP contribution in [0, 0.1) is 0 Å². The number of aromatic amines is 1. The molecule has 0 aliphatic heterocycles. The molecule has 122 valence electrons. The van der Waals surface area contributed by atoms with E-state index in [2.05, 4.69) is 15.3 Å². The first-order valence-corrected chi connectivity index (χ1v) is 7.60. The first kappa shape index (κ1) is 17.5. The highest BCUT2D eigenvalue weighted by Gasteiger charge is 2.15. The number of aliphatic hydroxyl groups is 1. The summed E-state index contributed by atoms with van der Waals surface area (Å²) in [6.07, 6.45) is 1.43. The predicted molar refractivity (Wildman–Crippen MR) is 88.1 cm³/mol. The van der Waals surface area contributed by atoms with Crippen LogP contribution in [-0.2, 0) is 6.42 Å². The number of nitrogens with zero attached hydrogens (tertiary/aromatic N) is 1. The topological polar surface area (TPSA) is 95.1 Å². The number of rotatable bonds is 5. The molecule has 0 radical (unpaired) electrons. The average Bonchev–Trinajstić information content (AvgIpc) is 2.51. The minimum Gasteiger partial charge on any atom is -0.394 e. The van der Waals surface area contributed by atoms with Gasteiger partial charge in [-0.1, -0.05) is 29.3 Å². The number of carbonyl (C=O) groups excluding carboxylic acids is 1. The number of halogens is 2. The quantitative estimate of drug-likeness (QED) is 0.761. The molecule has 1 atom stereocenters. The standard InChI is InChI=1S/C15H15Cl2N3O3/c1-8(7-21)19-14(22)10-6-18-13(20-15(10)23)5-9-11(16)3-2-4-12(9)17/h2-4,6,8,21H,5,7H2,1H3,(H,19,22)(H,18,20,23)/t8-/m0/s1. The second kappa shape index (κ2) is 7.59. The molecule has 8 heteroatoms. The van der Waals surface area contributed by atoms with Crippen molar-refractivity contribution >= 4 is 29.1 Å². The molecule has 0 fully saturated rings. The number of benzene rings is 1. The van der Waals surface area contributed by atoms with E-state index in [0.717, 1.165) is 0 Å². The lowest BCUT2D eigenvalue weighted by molar-refractivity contribution is 0.0920. The minimum absolute atomic E-state index is 0.126. The van der Waals surface area contributed by atoms with Crippen LogP contribution >= 0.6 is 23.2 Å². The predicted octanol–water partition coefficient (Wildman–Crippen LogP) is 1.78. The van der Waals surface area contributed by atoms with Gasteiger partial charge in [-0.3, -0.25) is 9.59 Å². The van der Waals surface area contributed by atoms with E-state index in [-0.39, 0.29) is 18.6 Å². The van der Waals surface area contributed by atoms with Crippen molar-refractivity contribution in [1.82, 2.24) is 15.3 Å². The summed E-state index contributed by atoms with van der Waals surface area (Å²) >= 11 is 12.2. The van der Waals surface area contributed by atoms with Gasteiger partial charge in [-0.15, -0.1) is 0 Å². The molecule has 1 amide bonds. The highest BCUT2D eigenvalue weighted by Crippen LogP contribution is 2.25. The van der Waals surface area contributed by atoms with Gasteiger partial charge in [0.1, 0.15) is 11.4 Å². The summed E-state index contributed by atoms with van der Waals surface area (Å²) in [6, 6.07) is 4.65. The molecular weight excluding hydrogens is 341 g/mol. The van der Waals surface area contributed by atoms with Crippen molar-refractivity contribution in [2.75, 3.05) is 6.61 Å². The van der Waals surface area contributed by atoms with Crippen molar-refractivity contribution in [2.45, 2.75) is 19.4 Å². The molecule has 2 rings (SSSR count). The Kier molecular flexibility index (Phi) is 5.76. The Labute approximate surface area is 142 Å². The van der Waals surface area contributed by atoms with Crippen LogP contribution in [0.2, 0.25) is 10.0 Å². The lowest BCUT2D eigenvalue weighted by atomic mass is 10.1. The molecule has 0 saturated carbocycles. The third kappa shape index (κ3) is 4.31. The van der Waals surface area contributed by atoms with Gasteiger partial charge in [0.2, 0.25) is 0 Å². The van der Waals surface area contributed by atoms with Crippen LogP contribution in [0.15, 0.2) is 29.2 Å². The van der Waals surface area contributed by atoms with Crippen LogP contribution in [0.1, 0.15) is 28.7 Å². The maximum atomic E-state index is 12.0. The lowest BCUT2D eigenvalue weighted by Crippen LogP contribution is -2.38. The van der Waals surface area contributed by atoms with Gasteiger partial charge in [0.15, 0.2) is 0 Å². The summed E-state index contributed by atoms with van der Waals surface area (Å²) in [7, 11) is 0. The third-order valence-electron chi connectivity index (χ3n) is 3.15. The van der Waals surface area contributed by atoms with Gasteiger partial charge in [-0.05, 0) is 24.6 Å². The Morgan fingerprint density at radius 2 is 2.04 bits per heavy atom. The van der Waals surface area contributed by atoms with Crippen LogP contribution in [0.3, 0.4) is 0 Å². The smallest absolute Gasteiger partial charge is 0.263 e. The van der Waals surface area contributed by atoms with Gasteiger partial charge < -0.3 is 15.4 Å². The molecule has 0 aliphatic carbocycles. The molecule has 1 heterocycles. The van der Waals surface area contributed by atoms with E-state index >= 15 is 0 Å². The zero-order valence-corrected chi connectivity index (χ0v) is 13.8. The van der Waals surface area contributed by atoms with E-state index in [4.69, 9.17) is 28.3 Å². The van der Waals surface area contributed by atoms with Crippen LogP contribution in [0.4, 0.5) is 0 Å². The molecule has 6 nitrogen and oxygen atoms in total. The van der Waals surface area contributed by atoms with E-state index in [1.165, 1.54) is 6.20 Å². The zero-order chi connectivity index (χ0) is 17.0. The van der Waals surface area contributed by atoms with E-state index in [1.54, 1.807) is 25.1 Å². The Bertz CT molecular complexity index is 757. The monoisotopic (exact) mass is 355 g/mol. The fraction of sp³-hybridized carbons (Fsp3) is 0.267. The lowest BCUT2D eigenvalue weighted by Gasteiger charge is -2.10. The van der Waals surface area contributed by atoms with Crippen molar-refractivity contribution < 1.29 is 9.90 Å². The summed E-state index contributed by atoms with van der Waals surface area (Å²) in [5, 5.41) is 12.3. The number of nitrogens with one attached hydrogen (secondary N) is 2. The fourth-order valence-electron chi connectivity index (χ4n) is 1.90. The van der Waals surface area contributed by atoms with Crippen molar-refractivity contribution in [3.8, 4) is 0 Å². The Hall–Kier alpha value is -1.89. The zero-order valence-electron chi connectivity index (χ0n) is 12.3. The summed E-state index contributed by atoms with van der Waals surface area (Å²) in [6.45, 7) is 1.40. The van der Waals surface area contributed by atoms with Crippen LogP contribution in [0.25, 0.3) is 0 Å². The van der Waals surface area contributed by atoms with Gasteiger partial charge in [-0.2, -0.15) is 0 Å². The Balaban J connectivity index is 2.23. The SMILES string of the molecule is C[C@@H](CO)NC(=O)c1cnc(Cc2c(Cl)cccc2Cl)[nH]c1=O. The van der Waals surface area contributed by atoms with Gasteiger partial charge in [0, 0.05) is 28.7 Å². The van der Waals surface area contributed by atoms with Crippen LogP contribution < -0.4 is 10.9 Å². The summed E-state index contributed by atoms with van der Waals surface area (Å²) < 4.78 is 0. The first-order valence-electron chi connectivity index (χ1n) is 6.85. The fourth-order valence-corrected chi connectivity index (χ4v) is 2.43. The normalized spacial score (nSPS) is 12.0. The average molecular weight is 356 g/mol. The number of amides is 1. The third-order valence-corrected chi connectivity index (χ3v) is 3.86.